The largest absolute Gasteiger partial charge is 0.395 e. The standard InChI is InChI=1S/C26H32F3N7O3S/c1-18-6-10-34(11-7-18)23-16-19(32-40(38,39)15-14-37)2-3-20(23)22-17-36(33-31-22)24-5-4-21(27)25(30-24)35-12-8-26(28,29)9-13-35/h2-5,16-18,32,37H,6-15H2,1H3. The molecule has 0 saturated carbocycles. The van der Waals surface area contributed by atoms with E-state index in [2.05, 4.69) is 31.8 Å². The predicted molar refractivity (Wildman–Crippen MR) is 146 cm³/mol. The second-order valence-electron chi connectivity index (χ2n) is 10.4. The fraction of sp³-hybridized carbons (Fsp3) is 0.500. The lowest BCUT2D eigenvalue weighted by Crippen LogP contribution is -2.40. The third kappa shape index (κ3) is 6.33. The van der Waals surface area contributed by atoms with Crippen LogP contribution in [0.3, 0.4) is 0 Å². The van der Waals surface area contributed by atoms with Crippen molar-refractivity contribution < 1.29 is 26.7 Å². The molecule has 2 aromatic heterocycles. The first-order valence-electron chi connectivity index (χ1n) is 13.3. The van der Waals surface area contributed by atoms with Crippen molar-refractivity contribution in [2.24, 2.45) is 5.92 Å². The molecule has 0 bridgehead atoms. The van der Waals surface area contributed by atoms with Gasteiger partial charge in [0.1, 0.15) is 5.69 Å². The number of rotatable bonds is 8. The van der Waals surface area contributed by atoms with E-state index in [1.54, 1.807) is 24.4 Å². The molecule has 2 N–H and O–H groups in total. The molecule has 2 fully saturated rings. The number of hydrogen-bond acceptors (Lipinski definition) is 8. The Kier molecular flexibility index (Phi) is 7.91. The van der Waals surface area contributed by atoms with Crippen LogP contribution in [-0.2, 0) is 10.0 Å². The monoisotopic (exact) mass is 579 g/mol. The van der Waals surface area contributed by atoms with Crippen LogP contribution in [-0.4, -0.2) is 78.0 Å². The number of halogens is 3. The lowest BCUT2D eigenvalue weighted by Gasteiger charge is -2.33. The second-order valence-corrected chi connectivity index (χ2v) is 12.3. The van der Waals surface area contributed by atoms with Crippen LogP contribution in [0.1, 0.15) is 32.6 Å². The Morgan fingerprint density at radius 1 is 1.07 bits per heavy atom. The molecule has 1 aromatic carbocycles. The molecule has 2 aliphatic rings. The summed E-state index contributed by atoms with van der Waals surface area (Å²) in [6.07, 6.45) is 2.88. The van der Waals surface area contributed by atoms with Crippen molar-refractivity contribution in [1.82, 2.24) is 20.0 Å². The average molecular weight is 580 g/mol. The molecule has 4 heterocycles. The summed E-state index contributed by atoms with van der Waals surface area (Å²) in [6.45, 7) is 3.27. The summed E-state index contributed by atoms with van der Waals surface area (Å²) in [5, 5.41) is 17.6. The number of anilines is 3. The van der Waals surface area contributed by atoms with Crippen LogP contribution in [0, 0.1) is 11.7 Å². The number of pyridine rings is 1. The number of nitrogens with zero attached hydrogens (tertiary/aromatic N) is 6. The van der Waals surface area contributed by atoms with E-state index < -0.39 is 34.1 Å². The molecule has 0 radical (unpaired) electrons. The molecule has 0 amide bonds. The normalized spacial score (nSPS) is 18.2. The van der Waals surface area contributed by atoms with Gasteiger partial charge < -0.3 is 14.9 Å². The molecule has 0 atom stereocenters. The number of piperidine rings is 2. The van der Waals surface area contributed by atoms with Crippen LogP contribution in [0.15, 0.2) is 36.5 Å². The van der Waals surface area contributed by atoms with Crippen molar-refractivity contribution in [2.75, 3.05) is 53.1 Å². The quantitative estimate of drug-likeness (QED) is 0.415. The molecular formula is C26H32F3N7O3S. The molecule has 14 heteroatoms. The van der Waals surface area contributed by atoms with E-state index in [9.17, 15) is 21.6 Å². The van der Waals surface area contributed by atoms with Gasteiger partial charge in [-0.05, 0) is 49.1 Å². The number of hydrogen-bond donors (Lipinski definition) is 2. The van der Waals surface area contributed by atoms with Gasteiger partial charge in [0.05, 0.1) is 24.2 Å². The van der Waals surface area contributed by atoms with Crippen LogP contribution in [0.2, 0.25) is 0 Å². The van der Waals surface area contributed by atoms with E-state index in [1.807, 2.05) is 0 Å². The number of sulfonamides is 1. The minimum absolute atomic E-state index is 0.00476. The summed E-state index contributed by atoms with van der Waals surface area (Å²) in [6, 6.07) is 7.82. The van der Waals surface area contributed by atoms with Gasteiger partial charge in [0, 0.05) is 50.3 Å². The molecular weight excluding hydrogens is 547 g/mol. The van der Waals surface area contributed by atoms with Gasteiger partial charge in [0.25, 0.3) is 5.92 Å². The summed E-state index contributed by atoms with van der Waals surface area (Å²) in [5.41, 5.74) is 2.38. The molecule has 0 spiro atoms. The van der Waals surface area contributed by atoms with Crippen LogP contribution in [0.5, 0.6) is 0 Å². The fourth-order valence-electron chi connectivity index (χ4n) is 4.99. The number of aliphatic hydroxyl groups excluding tert-OH is 1. The number of nitrogens with one attached hydrogen (secondary N) is 1. The van der Waals surface area contributed by atoms with Gasteiger partial charge in [-0.3, -0.25) is 4.72 Å². The Morgan fingerprint density at radius 2 is 1.80 bits per heavy atom. The SMILES string of the molecule is CC1CCN(c2cc(NS(=O)(=O)CCO)ccc2-c2cn(-c3ccc(F)c(N4CCC(F)(F)CC4)n3)nn2)CC1. The Morgan fingerprint density at radius 3 is 2.50 bits per heavy atom. The van der Waals surface area contributed by atoms with Crippen LogP contribution in [0.25, 0.3) is 17.1 Å². The van der Waals surface area contributed by atoms with Crippen molar-refractivity contribution in [2.45, 2.75) is 38.5 Å². The maximum Gasteiger partial charge on any atom is 0.251 e. The van der Waals surface area contributed by atoms with Crippen molar-refractivity contribution in [1.29, 1.82) is 0 Å². The second kappa shape index (κ2) is 11.2. The lowest BCUT2D eigenvalue weighted by molar-refractivity contribution is -0.0222. The highest BCUT2D eigenvalue weighted by Gasteiger charge is 2.35. The third-order valence-corrected chi connectivity index (χ3v) is 8.63. The molecule has 0 unspecified atom stereocenters. The van der Waals surface area contributed by atoms with Gasteiger partial charge >= 0.3 is 0 Å². The Balaban J connectivity index is 1.45. The van der Waals surface area contributed by atoms with E-state index in [0.717, 1.165) is 37.2 Å². The summed E-state index contributed by atoms with van der Waals surface area (Å²) in [5.74, 6) is -2.91. The molecule has 0 aliphatic carbocycles. The van der Waals surface area contributed by atoms with Gasteiger partial charge in [-0.1, -0.05) is 12.1 Å². The number of aromatic nitrogens is 4. The zero-order chi connectivity index (χ0) is 28.5. The number of aliphatic hydroxyl groups is 1. The predicted octanol–water partition coefficient (Wildman–Crippen LogP) is 3.67. The van der Waals surface area contributed by atoms with E-state index >= 15 is 0 Å². The highest BCUT2D eigenvalue weighted by Crippen LogP contribution is 2.36. The van der Waals surface area contributed by atoms with Crippen molar-refractivity contribution >= 4 is 27.2 Å². The average Bonchev–Trinajstić information content (AvgIpc) is 3.39. The van der Waals surface area contributed by atoms with Gasteiger partial charge in [-0.15, -0.1) is 5.10 Å². The van der Waals surface area contributed by atoms with Crippen LogP contribution >= 0.6 is 0 Å². The minimum Gasteiger partial charge on any atom is -0.395 e. The molecule has 2 saturated heterocycles. The van der Waals surface area contributed by atoms with E-state index in [0.29, 0.717) is 17.3 Å². The fourth-order valence-corrected chi connectivity index (χ4v) is 5.82. The summed E-state index contributed by atoms with van der Waals surface area (Å²) < 4.78 is 70.3. The molecule has 3 aromatic rings. The van der Waals surface area contributed by atoms with Gasteiger partial charge in [-0.25, -0.2) is 31.3 Å². The highest BCUT2D eigenvalue weighted by atomic mass is 32.2. The minimum atomic E-state index is -3.71. The summed E-state index contributed by atoms with van der Waals surface area (Å²) >= 11 is 0. The van der Waals surface area contributed by atoms with Gasteiger partial charge in [0.2, 0.25) is 10.0 Å². The molecule has 2 aliphatic heterocycles. The summed E-state index contributed by atoms with van der Waals surface area (Å²) in [7, 11) is -3.71. The molecule has 40 heavy (non-hydrogen) atoms. The smallest absolute Gasteiger partial charge is 0.251 e. The lowest BCUT2D eigenvalue weighted by atomic mass is 9.97. The van der Waals surface area contributed by atoms with E-state index in [-0.39, 0.29) is 37.6 Å². The zero-order valence-electron chi connectivity index (χ0n) is 22.1. The van der Waals surface area contributed by atoms with Crippen molar-refractivity contribution in [3.8, 4) is 17.1 Å². The summed E-state index contributed by atoms with van der Waals surface area (Å²) in [4.78, 5) is 8.07. The van der Waals surface area contributed by atoms with Crippen molar-refractivity contribution in [3.05, 3.63) is 42.3 Å². The first-order chi connectivity index (χ1) is 19.0. The Hall–Kier alpha value is -3.39. The maximum atomic E-state index is 14.6. The van der Waals surface area contributed by atoms with Gasteiger partial charge in [0.15, 0.2) is 17.5 Å². The number of benzene rings is 1. The van der Waals surface area contributed by atoms with E-state index in [4.69, 9.17) is 5.11 Å². The van der Waals surface area contributed by atoms with Crippen LogP contribution in [0.4, 0.5) is 30.4 Å². The first kappa shape index (κ1) is 28.1. The van der Waals surface area contributed by atoms with E-state index in [1.165, 1.54) is 21.7 Å². The maximum absolute atomic E-state index is 14.6. The van der Waals surface area contributed by atoms with Crippen molar-refractivity contribution in [3.63, 3.8) is 0 Å². The Labute approximate surface area is 230 Å². The molecule has 10 nitrogen and oxygen atoms in total. The third-order valence-electron chi connectivity index (χ3n) is 7.37. The highest BCUT2D eigenvalue weighted by molar-refractivity contribution is 7.92. The Bertz CT molecular complexity index is 1450. The first-order valence-corrected chi connectivity index (χ1v) is 14.9. The topological polar surface area (TPSA) is 116 Å². The zero-order valence-corrected chi connectivity index (χ0v) is 22.9. The number of alkyl halides is 2. The van der Waals surface area contributed by atoms with Gasteiger partial charge in [-0.2, -0.15) is 0 Å². The molecule has 5 rings (SSSR count). The van der Waals surface area contributed by atoms with Crippen LogP contribution < -0.4 is 14.5 Å². The molecule has 216 valence electrons.